The van der Waals surface area contributed by atoms with Crippen molar-refractivity contribution < 1.29 is 9.59 Å². The lowest BCUT2D eigenvalue weighted by Crippen LogP contribution is -2.29. The van der Waals surface area contributed by atoms with Crippen LogP contribution in [0.1, 0.15) is 34.1 Å². The van der Waals surface area contributed by atoms with E-state index >= 15 is 0 Å². The number of fused-ring (bicyclic) bond motifs is 3. The van der Waals surface area contributed by atoms with Crippen LogP contribution in [0.3, 0.4) is 0 Å². The number of primary amides is 1. The number of thiophene rings is 1. The molecule has 1 aliphatic carbocycles. The second-order valence-electron chi connectivity index (χ2n) is 7.17. The van der Waals surface area contributed by atoms with Crippen LogP contribution in [-0.2, 0) is 24.2 Å². The molecule has 0 fully saturated rings. The first-order valence-corrected chi connectivity index (χ1v) is 9.94. The molecule has 1 aromatic carbocycles. The van der Waals surface area contributed by atoms with E-state index in [2.05, 4.69) is 17.2 Å². The second-order valence-corrected chi connectivity index (χ2v) is 8.25. The van der Waals surface area contributed by atoms with E-state index in [1.54, 1.807) is 29.5 Å². The molecule has 0 spiro atoms. The summed E-state index contributed by atoms with van der Waals surface area (Å²) in [7, 11) is 0. The van der Waals surface area contributed by atoms with Gasteiger partial charge in [0, 0.05) is 4.88 Å². The highest BCUT2D eigenvalue weighted by Crippen LogP contribution is 2.35. The molecule has 2 aromatic heterocycles. The molecule has 28 heavy (non-hydrogen) atoms. The predicted octanol–water partition coefficient (Wildman–Crippen LogP) is 2.32. The summed E-state index contributed by atoms with van der Waals surface area (Å²) in [5, 5.41) is 3.29. The lowest BCUT2D eigenvalue weighted by atomic mass is 9.89. The number of aromatic nitrogens is 2. The largest absolute Gasteiger partial charge is 0.366 e. The van der Waals surface area contributed by atoms with Crippen molar-refractivity contribution in [3.8, 4) is 0 Å². The minimum absolute atomic E-state index is 0.185. The summed E-state index contributed by atoms with van der Waals surface area (Å²) in [6, 6.07) is 6.49. The standard InChI is InChI=1S/C20H20N4O3S/c1-11-6-7-13-15(8-11)28-19-17(13)20(27)24(10-22-19)9-16(25)23-14-5-3-2-4-12(14)18(21)26/h2-5,10-11H,6-9H2,1H3,(H2,21,26)(H,23,25). The average Bonchev–Trinajstić information content (AvgIpc) is 3.02. The van der Waals surface area contributed by atoms with Gasteiger partial charge in [0.2, 0.25) is 5.91 Å². The number of carbonyl (C=O) groups is 2. The molecule has 2 heterocycles. The van der Waals surface area contributed by atoms with Crippen LogP contribution in [0, 0.1) is 5.92 Å². The molecule has 1 atom stereocenters. The summed E-state index contributed by atoms with van der Waals surface area (Å²) in [5.74, 6) is -0.441. The van der Waals surface area contributed by atoms with E-state index in [4.69, 9.17) is 5.73 Å². The van der Waals surface area contributed by atoms with E-state index < -0.39 is 11.8 Å². The van der Waals surface area contributed by atoms with Crippen molar-refractivity contribution in [2.75, 3.05) is 5.32 Å². The molecule has 4 rings (SSSR count). The fourth-order valence-electron chi connectivity index (χ4n) is 3.63. The molecule has 1 aliphatic rings. The first kappa shape index (κ1) is 18.4. The Morgan fingerprint density at radius 1 is 1.36 bits per heavy atom. The number of nitrogens with zero attached hydrogens (tertiary/aromatic N) is 2. The van der Waals surface area contributed by atoms with Crippen LogP contribution in [0.25, 0.3) is 10.2 Å². The van der Waals surface area contributed by atoms with E-state index in [0.717, 1.165) is 29.7 Å². The highest BCUT2D eigenvalue weighted by Gasteiger charge is 2.23. The summed E-state index contributed by atoms with van der Waals surface area (Å²) >= 11 is 1.58. The van der Waals surface area contributed by atoms with Crippen molar-refractivity contribution in [1.82, 2.24) is 9.55 Å². The lowest BCUT2D eigenvalue weighted by Gasteiger charge is -2.17. The molecule has 144 valence electrons. The number of benzene rings is 1. The van der Waals surface area contributed by atoms with E-state index in [0.29, 0.717) is 17.0 Å². The van der Waals surface area contributed by atoms with Gasteiger partial charge in [0.1, 0.15) is 11.4 Å². The number of rotatable bonds is 4. The van der Waals surface area contributed by atoms with Crippen LogP contribution in [0.15, 0.2) is 35.4 Å². The van der Waals surface area contributed by atoms with Crippen molar-refractivity contribution in [2.45, 2.75) is 32.7 Å². The molecular formula is C20H20N4O3S. The van der Waals surface area contributed by atoms with Gasteiger partial charge < -0.3 is 11.1 Å². The van der Waals surface area contributed by atoms with Crippen molar-refractivity contribution in [3.63, 3.8) is 0 Å². The Bertz CT molecular complexity index is 1150. The maximum absolute atomic E-state index is 13.0. The molecule has 7 nitrogen and oxygen atoms in total. The highest BCUT2D eigenvalue weighted by molar-refractivity contribution is 7.18. The monoisotopic (exact) mass is 396 g/mol. The Labute approximate surface area is 165 Å². The van der Waals surface area contributed by atoms with Crippen molar-refractivity contribution in [1.29, 1.82) is 0 Å². The minimum Gasteiger partial charge on any atom is -0.366 e. The third kappa shape index (κ3) is 3.31. The molecule has 3 aromatic rings. The SMILES string of the molecule is CC1CCc2c(sc3ncn(CC(=O)Nc4ccccc4C(N)=O)c(=O)c23)C1. The zero-order valence-corrected chi connectivity index (χ0v) is 16.2. The summed E-state index contributed by atoms with van der Waals surface area (Å²) in [4.78, 5) is 43.3. The number of nitrogens with two attached hydrogens (primary N) is 1. The number of aryl methyl sites for hydroxylation is 1. The topological polar surface area (TPSA) is 107 Å². The summed E-state index contributed by atoms with van der Waals surface area (Å²) in [6.45, 7) is 2.03. The normalized spacial score (nSPS) is 16.0. The number of anilines is 1. The number of carbonyl (C=O) groups excluding carboxylic acids is 2. The van der Waals surface area contributed by atoms with E-state index in [9.17, 15) is 14.4 Å². The van der Waals surface area contributed by atoms with Crippen molar-refractivity contribution >= 4 is 39.1 Å². The van der Waals surface area contributed by atoms with Crippen molar-refractivity contribution in [3.05, 3.63) is 57.0 Å². The van der Waals surface area contributed by atoms with Gasteiger partial charge in [-0.05, 0) is 42.9 Å². The summed E-state index contributed by atoms with van der Waals surface area (Å²) in [5.41, 5.74) is 6.77. The van der Waals surface area contributed by atoms with E-state index in [1.807, 2.05) is 0 Å². The highest BCUT2D eigenvalue weighted by atomic mass is 32.1. The zero-order chi connectivity index (χ0) is 19.8. The molecule has 1 unspecified atom stereocenters. The van der Waals surface area contributed by atoms with Crippen LogP contribution in [0.4, 0.5) is 5.69 Å². The molecule has 2 amide bonds. The van der Waals surface area contributed by atoms with Gasteiger partial charge in [0.25, 0.3) is 11.5 Å². The van der Waals surface area contributed by atoms with Crippen LogP contribution < -0.4 is 16.6 Å². The summed E-state index contributed by atoms with van der Waals surface area (Å²) < 4.78 is 1.32. The zero-order valence-electron chi connectivity index (χ0n) is 15.4. The quantitative estimate of drug-likeness (QED) is 0.706. The average molecular weight is 396 g/mol. The van der Waals surface area contributed by atoms with E-state index in [1.165, 1.54) is 21.8 Å². The number of hydrogen-bond acceptors (Lipinski definition) is 5. The Morgan fingerprint density at radius 3 is 2.93 bits per heavy atom. The first-order valence-electron chi connectivity index (χ1n) is 9.12. The van der Waals surface area contributed by atoms with Gasteiger partial charge in [-0.2, -0.15) is 0 Å². The Morgan fingerprint density at radius 2 is 2.14 bits per heavy atom. The fourth-order valence-corrected chi connectivity index (χ4v) is 4.97. The number of amides is 2. The number of nitrogens with one attached hydrogen (secondary N) is 1. The molecule has 0 aliphatic heterocycles. The minimum atomic E-state index is -0.629. The number of para-hydroxylation sites is 1. The van der Waals surface area contributed by atoms with Crippen LogP contribution in [-0.4, -0.2) is 21.4 Å². The van der Waals surface area contributed by atoms with Crippen LogP contribution in [0.2, 0.25) is 0 Å². The van der Waals surface area contributed by atoms with Gasteiger partial charge in [0.05, 0.1) is 23.0 Å². The summed E-state index contributed by atoms with van der Waals surface area (Å²) in [6.07, 6.45) is 4.31. The molecule has 0 saturated carbocycles. The van der Waals surface area contributed by atoms with Gasteiger partial charge in [0.15, 0.2) is 0 Å². The van der Waals surface area contributed by atoms with Crippen LogP contribution >= 0.6 is 11.3 Å². The third-order valence-electron chi connectivity index (χ3n) is 5.06. The maximum atomic E-state index is 13.0. The molecule has 0 saturated heterocycles. The van der Waals surface area contributed by atoms with Gasteiger partial charge in [-0.3, -0.25) is 19.0 Å². The molecule has 3 N–H and O–H groups in total. The lowest BCUT2D eigenvalue weighted by molar-refractivity contribution is -0.116. The first-order chi connectivity index (χ1) is 13.4. The molecule has 0 radical (unpaired) electrons. The smallest absolute Gasteiger partial charge is 0.262 e. The van der Waals surface area contributed by atoms with Gasteiger partial charge >= 0.3 is 0 Å². The van der Waals surface area contributed by atoms with Gasteiger partial charge in [-0.1, -0.05) is 19.1 Å². The van der Waals surface area contributed by atoms with Crippen LogP contribution in [0.5, 0.6) is 0 Å². The van der Waals surface area contributed by atoms with Gasteiger partial charge in [-0.15, -0.1) is 11.3 Å². The van der Waals surface area contributed by atoms with E-state index in [-0.39, 0.29) is 17.7 Å². The fraction of sp³-hybridized carbons (Fsp3) is 0.300. The Balaban J connectivity index is 1.62. The Hall–Kier alpha value is -3.00. The number of hydrogen-bond donors (Lipinski definition) is 2. The maximum Gasteiger partial charge on any atom is 0.262 e. The molecular weight excluding hydrogens is 376 g/mol. The third-order valence-corrected chi connectivity index (χ3v) is 6.23. The second kappa shape index (κ2) is 7.20. The van der Waals surface area contributed by atoms with Gasteiger partial charge in [-0.25, -0.2) is 4.98 Å². The molecule has 8 heteroatoms. The Kier molecular flexibility index (Phi) is 4.72. The molecule has 0 bridgehead atoms. The predicted molar refractivity (Wildman–Crippen MR) is 109 cm³/mol. The van der Waals surface area contributed by atoms with Crippen molar-refractivity contribution in [2.24, 2.45) is 11.7 Å².